The zero-order chi connectivity index (χ0) is 30.7. The zero-order valence-electron chi connectivity index (χ0n) is 24.8. The molecular weight excluding hydrogens is 526 g/mol. The topological polar surface area (TPSA) is 142 Å². The van der Waals surface area contributed by atoms with Gasteiger partial charge in [-0.1, -0.05) is 71.7 Å². The monoisotopic (exact) mass is 569 g/mol. The zero-order valence-corrected chi connectivity index (χ0v) is 24.8. The molecule has 9 nitrogen and oxygen atoms in total. The number of carboxylic acid groups (broad SMARTS) is 1. The van der Waals surface area contributed by atoms with Gasteiger partial charge in [0.25, 0.3) is 0 Å². The first-order valence-electron chi connectivity index (χ1n) is 14.2. The van der Waals surface area contributed by atoms with Gasteiger partial charge in [0.15, 0.2) is 11.5 Å². The van der Waals surface area contributed by atoms with Gasteiger partial charge in [-0.05, 0) is 49.6 Å². The van der Waals surface area contributed by atoms with Crippen LogP contribution in [-0.4, -0.2) is 41.1 Å². The van der Waals surface area contributed by atoms with Gasteiger partial charge in [0.05, 0.1) is 17.4 Å². The van der Waals surface area contributed by atoms with E-state index in [1.807, 2.05) is 13.8 Å². The number of carboxylic acids is 1. The minimum absolute atomic E-state index is 0.00350. The Morgan fingerprint density at radius 2 is 1.34 bits per heavy atom. The van der Waals surface area contributed by atoms with Crippen LogP contribution in [0.5, 0.6) is 11.5 Å². The van der Waals surface area contributed by atoms with E-state index in [2.05, 4.69) is 0 Å². The molecule has 3 N–H and O–H groups in total. The first kappa shape index (κ1) is 33.5. The fourth-order valence-electron chi connectivity index (χ4n) is 4.62. The van der Waals surface area contributed by atoms with Crippen LogP contribution in [0.4, 0.5) is 0 Å². The van der Waals surface area contributed by atoms with Gasteiger partial charge in [0, 0.05) is 11.8 Å². The number of hydrogen-bond acceptors (Lipinski definition) is 8. The Bertz CT molecular complexity index is 1180. The summed E-state index contributed by atoms with van der Waals surface area (Å²) in [5.41, 5.74) is 6.97. The van der Waals surface area contributed by atoms with Gasteiger partial charge in [-0.15, -0.1) is 0 Å². The number of carbonyl (C=O) groups is 4. The molecule has 0 amide bonds. The Kier molecular flexibility index (Phi) is 13.0. The Balaban J connectivity index is 2.47. The predicted octanol–water partition coefficient (Wildman–Crippen LogP) is 5.75. The molecule has 5 unspecified atom stereocenters. The molecule has 0 aliphatic heterocycles. The summed E-state index contributed by atoms with van der Waals surface area (Å²) in [6, 6.07) is 11.7. The highest BCUT2D eigenvalue weighted by atomic mass is 16.6. The molecule has 6 atom stereocenters. The van der Waals surface area contributed by atoms with Crippen LogP contribution in [0, 0.1) is 17.8 Å². The van der Waals surface area contributed by atoms with Crippen molar-refractivity contribution in [3.8, 4) is 11.5 Å². The van der Waals surface area contributed by atoms with Crippen molar-refractivity contribution >= 4 is 23.9 Å². The van der Waals surface area contributed by atoms with E-state index in [4.69, 9.17) is 19.9 Å². The van der Waals surface area contributed by atoms with Gasteiger partial charge in [-0.25, -0.2) is 4.79 Å². The molecule has 0 spiro atoms. The fraction of sp³-hybridized carbons (Fsp3) is 0.500. The smallest absolute Gasteiger partial charge is 0.338 e. The first-order chi connectivity index (χ1) is 19.4. The lowest BCUT2D eigenvalue weighted by molar-refractivity contribution is -0.141. The summed E-state index contributed by atoms with van der Waals surface area (Å²) in [7, 11) is 0. The van der Waals surface area contributed by atoms with Gasteiger partial charge in [-0.2, -0.15) is 0 Å². The average molecular weight is 570 g/mol. The third-order valence-electron chi connectivity index (χ3n) is 7.30. The molecule has 0 saturated heterocycles. The van der Waals surface area contributed by atoms with Crippen molar-refractivity contribution in [1.29, 1.82) is 0 Å². The number of carbonyl (C=O) groups excluding carboxylic acids is 3. The lowest BCUT2D eigenvalue weighted by Gasteiger charge is -2.32. The quantitative estimate of drug-likeness (QED) is 0.202. The Morgan fingerprint density at radius 1 is 0.805 bits per heavy atom. The lowest BCUT2D eigenvalue weighted by Crippen LogP contribution is -2.42. The fourth-order valence-corrected chi connectivity index (χ4v) is 4.62. The first-order valence-corrected chi connectivity index (χ1v) is 14.2. The van der Waals surface area contributed by atoms with Crippen molar-refractivity contribution in [2.45, 2.75) is 85.3 Å². The predicted molar refractivity (Wildman–Crippen MR) is 155 cm³/mol. The van der Waals surface area contributed by atoms with Gasteiger partial charge >= 0.3 is 23.9 Å². The summed E-state index contributed by atoms with van der Waals surface area (Å²) in [4.78, 5) is 50.3. The summed E-state index contributed by atoms with van der Waals surface area (Å²) < 4.78 is 17.0. The molecule has 0 aliphatic carbocycles. The minimum Gasteiger partial charge on any atom is -0.480 e. The largest absolute Gasteiger partial charge is 0.480 e. The normalized spacial score (nSPS) is 15.5. The molecule has 2 aromatic rings. The Morgan fingerprint density at radius 3 is 1.85 bits per heavy atom. The number of ether oxygens (including phenoxy) is 3. The van der Waals surface area contributed by atoms with Crippen molar-refractivity contribution < 1.29 is 38.5 Å². The van der Waals surface area contributed by atoms with Crippen molar-refractivity contribution in [3.63, 3.8) is 0 Å². The van der Waals surface area contributed by atoms with Crippen molar-refractivity contribution in [1.82, 2.24) is 0 Å². The van der Waals surface area contributed by atoms with Gasteiger partial charge in [0.2, 0.25) is 0 Å². The summed E-state index contributed by atoms with van der Waals surface area (Å²) in [5, 5.41) is 9.85. The maximum absolute atomic E-state index is 12.9. The maximum atomic E-state index is 12.9. The molecule has 0 heterocycles. The molecule has 0 radical (unpaired) electrons. The maximum Gasteiger partial charge on any atom is 0.338 e. The van der Waals surface area contributed by atoms with E-state index >= 15 is 0 Å². The second-order valence-electron chi connectivity index (χ2n) is 10.7. The van der Waals surface area contributed by atoms with E-state index in [9.17, 15) is 24.3 Å². The highest BCUT2D eigenvalue weighted by molar-refractivity contribution is 5.89. The number of benzene rings is 2. The average Bonchev–Trinajstić information content (AvgIpc) is 2.94. The highest BCUT2D eigenvalue weighted by Gasteiger charge is 2.36. The van der Waals surface area contributed by atoms with Gasteiger partial charge in [0.1, 0.15) is 12.1 Å². The van der Waals surface area contributed by atoms with Crippen molar-refractivity contribution in [2.75, 3.05) is 0 Å². The standard InChI is InChI=1S/C32H43NO8/c1-7-12-19(3)30(36)40-25-17-16-24(18-26(25)41-31(37)20(4)13-8-2)27(28(33)29(34)35)21(5)22(6)39-32(38)23-14-10-9-11-15-23/h9-11,14-22,27-28H,7-8,12-13,33H2,1-6H3,(H,34,35)/t19?,20?,21?,22?,27?,28-/m0/s1. The van der Waals surface area contributed by atoms with Crippen molar-refractivity contribution in [3.05, 3.63) is 59.7 Å². The molecule has 224 valence electrons. The number of hydrogen-bond donors (Lipinski definition) is 2. The van der Waals surface area contributed by atoms with E-state index in [-0.39, 0.29) is 17.4 Å². The van der Waals surface area contributed by atoms with Crippen LogP contribution in [0.2, 0.25) is 0 Å². The second kappa shape index (κ2) is 15.9. The van der Waals surface area contributed by atoms with Crippen LogP contribution in [0.1, 0.15) is 89.1 Å². The Labute approximate surface area is 242 Å². The third kappa shape index (κ3) is 9.42. The summed E-state index contributed by atoms with van der Waals surface area (Å²) in [6.45, 7) is 10.8. The number of rotatable bonds is 15. The van der Waals surface area contributed by atoms with Crippen LogP contribution in [0.3, 0.4) is 0 Å². The number of esters is 3. The SMILES string of the molecule is CCCC(C)C(=O)Oc1ccc(C(C(C)C(C)OC(=O)c2ccccc2)[C@H](N)C(=O)O)cc1OC(=O)C(C)CCC. The van der Waals surface area contributed by atoms with Crippen LogP contribution in [-0.2, 0) is 19.1 Å². The minimum atomic E-state index is -1.37. The van der Waals surface area contributed by atoms with E-state index in [1.165, 1.54) is 12.1 Å². The van der Waals surface area contributed by atoms with E-state index in [0.29, 0.717) is 24.0 Å². The van der Waals surface area contributed by atoms with E-state index in [1.54, 1.807) is 64.1 Å². The van der Waals surface area contributed by atoms with E-state index < -0.39 is 53.8 Å². The van der Waals surface area contributed by atoms with Gasteiger partial charge < -0.3 is 25.1 Å². The molecule has 0 saturated carbocycles. The van der Waals surface area contributed by atoms with Crippen LogP contribution >= 0.6 is 0 Å². The molecule has 0 fully saturated rings. The second-order valence-corrected chi connectivity index (χ2v) is 10.7. The number of aliphatic carboxylic acids is 1. The molecule has 0 aromatic heterocycles. The molecule has 2 rings (SSSR count). The molecule has 0 aliphatic rings. The van der Waals surface area contributed by atoms with Crippen LogP contribution < -0.4 is 15.2 Å². The summed E-state index contributed by atoms with van der Waals surface area (Å²) >= 11 is 0. The molecular formula is C32H43NO8. The van der Waals surface area contributed by atoms with Crippen LogP contribution in [0.25, 0.3) is 0 Å². The van der Waals surface area contributed by atoms with Crippen LogP contribution in [0.15, 0.2) is 48.5 Å². The molecule has 41 heavy (non-hydrogen) atoms. The van der Waals surface area contributed by atoms with Gasteiger partial charge in [-0.3, -0.25) is 14.4 Å². The Hall–Kier alpha value is -3.72. The summed E-state index contributed by atoms with van der Waals surface area (Å²) in [5.74, 6) is -4.89. The summed E-state index contributed by atoms with van der Waals surface area (Å²) in [6.07, 6.45) is 2.09. The molecule has 2 aromatic carbocycles. The number of nitrogens with two attached hydrogens (primary N) is 1. The molecule has 9 heteroatoms. The molecule has 0 bridgehead atoms. The van der Waals surface area contributed by atoms with E-state index in [0.717, 1.165) is 12.8 Å². The van der Waals surface area contributed by atoms with Crippen molar-refractivity contribution in [2.24, 2.45) is 23.5 Å². The highest BCUT2D eigenvalue weighted by Crippen LogP contribution is 2.38. The lowest BCUT2D eigenvalue weighted by atomic mass is 9.79. The third-order valence-corrected chi connectivity index (χ3v) is 7.30.